The highest BCUT2D eigenvalue weighted by Gasteiger charge is 2.36. The van der Waals surface area contributed by atoms with Gasteiger partial charge in [0.05, 0.1) is 20.9 Å². The molecule has 2 aromatic rings. The Balaban J connectivity index is 2.08. The van der Waals surface area contributed by atoms with E-state index >= 15 is 0 Å². The van der Waals surface area contributed by atoms with Crippen LogP contribution in [0.15, 0.2) is 12.0 Å². The van der Waals surface area contributed by atoms with Gasteiger partial charge in [0, 0.05) is 30.0 Å². The van der Waals surface area contributed by atoms with Crippen LogP contribution in [0.1, 0.15) is 56.7 Å². The molecule has 0 radical (unpaired) electrons. The largest absolute Gasteiger partial charge is 0.402 e. The Labute approximate surface area is 137 Å². The Morgan fingerprint density at radius 2 is 1.91 bits per heavy atom. The van der Waals surface area contributed by atoms with Crippen LogP contribution in [0.5, 0.6) is 0 Å². The normalized spacial score (nSPS) is 19.8. The van der Waals surface area contributed by atoms with Gasteiger partial charge in [0.25, 0.3) is 0 Å². The molecule has 23 heavy (non-hydrogen) atoms. The van der Waals surface area contributed by atoms with Crippen LogP contribution in [-0.4, -0.2) is 15.9 Å². The Morgan fingerprint density at radius 1 is 1.26 bits per heavy atom. The van der Waals surface area contributed by atoms with Gasteiger partial charge in [0.1, 0.15) is 6.33 Å². The summed E-state index contributed by atoms with van der Waals surface area (Å²) in [4.78, 5) is 8.76. The van der Waals surface area contributed by atoms with E-state index in [4.69, 9.17) is 11.5 Å². The van der Waals surface area contributed by atoms with Crippen molar-refractivity contribution in [1.29, 1.82) is 0 Å². The van der Waals surface area contributed by atoms with E-state index in [0.29, 0.717) is 23.5 Å². The third-order valence-corrected chi connectivity index (χ3v) is 5.63. The van der Waals surface area contributed by atoms with Crippen molar-refractivity contribution in [3.05, 3.63) is 23.3 Å². The van der Waals surface area contributed by atoms with Crippen molar-refractivity contribution in [2.45, 2.75) is 51.4 Å². The highest BCUT2D eigenvalue weighted by atomic mass is 32.1. The molecule has 7 heteroatoms. The number of rotatable bonds is 2. The van der Waals surface area contributed by atoms with Crippen LogP contribution in [-0.2, 0) is 0 Å². The third-order valence-electron chi connectivity index (χ3n) is 4.60. The average molecular weight is 338 g/mol. The Kier molecular flexibility index (Phi) is 4.00. The molecule has 0 aliphatic heterocycles. The molecule has 0 aromatic carbocycles. The standard InChI is InChI=1S/C16H20F2N4S/c1-8(9(2)19)11-13-14(23-15(11)20)12(21-7-22-13)10-3-5-16(17,18)6-4-10/h7,10H,3-6,19-20H2,1-2H3/b9-8-. The molecule has 2 aromatic heterocycles. The van der Waals surface area contributed by atoms with E-state index in [9.17, 15) is 8.78 Å². The first-order valence-corrected chi connectivity index (χ1v) is 8.46. The molecule has 1 saturated carbocycles. The minimum Gasteiger partial charge on any atom is -0.402 e. The molecule has 1 aliphatic rings. The molecule has 4 nitrogen and oxygen atoms in total. The van der Waals surface area contributed by atoms with Crippen LogP contribution in [0.25, 0.3) is 15.8 Å². The maximum absolute atomic E-state index is 13.4. The summed E-state index contributed by atoms with van der Waals surface area (Å²) < 4.78 is 27.7. The first-order chi connectivity index (χ1) is 10.8. The molecular weight excluding hydrogens is 318 g/mol. The van der Waals surface area contributed by atoms with Gasteiger partial charge in [0.15, 0.2) is 0 Å². The quantitative estimate of drug-likeness (QED) is 0.857. The fraction of sp³-hybridized carbons (Fsp3) is 0.500. The van der Waals surface area contributed by atoms with Crippen molar-refractivity contribution in [2.24, 2.45) is 5.73 Å². The number of hydrogen-bond acceptors (Lipinski definition) is 5. The minimum atomic E-state index is -2.54. The van der Waals surface area contributed by atoms with Gasteiger partial charge in [-0.25, -0.2) is 18.7 Å². The van der Waals surface area contributed by atoms with Gasteiger partial charge >= 0.3 is 0 Å². The van der Waals surface area contributed by atoms with Gasteiger partial charge in [-0.15, -0.1) is 11.3 Å². The van der Waals surface area contributed by atoms with Crippen molar-refractivity contribution < 1.29 is 8.78 Å². The van der Waals surface area contributed by atoms with Crippen molar-refractivity contribution in [3.63, 3.8) is 0 Å². The maximum Gasteiger partial charge on any atom is 0.248 e. The van der Waals surface area contributed by atoms with Crippen LogP contribution in [0.4, 0.5) is 13.8 Å². The fourth-order valence-electron chi connectivity index (χ4n) is 3.11. The lowest BCUT2D eigenvalue weighted by Crippen LogP contribution is -2.24. The summed E-state index contributed by atoms with van der Waals surface area (Å²) >= 11 is 1.42. The van der Waals surface area contributed by atoms with Gasteiger partial charge in [0.2, 0.25) is 5.92 Å². The maximum atomic E-state index is 13.4. The zero-order valence-corrected chi connectivity index (χ0v) is 14.0. The predicted molar refractivity (Wildman–Crippen MR) is 90.4 cm³/mol. The summed E-state index contributed by atoms with van der Waals surface area (Å²) in [5.74, 6) is -2.51. The lowest BCUT2D eigenvalue weighted by Gasteiger charge is -2.27. The number of alkyl halides is 2. The SMILES string of the molecule is C/C(N)=C(\C)c1c(N)sc2c(C3CCC(F)(F)CC3)ncnc12. The second-order valence-corrected chi connectivity index (χ2v) is 7.27. The van der Waals surface area contributed by atoms with Crippen LogP contribution < -0.4 is 11.5 Å². The van der Waals surface area contributed by atoms with E-state index < -0.39 is 5.92 Å². The first kappa shape index (κ1) is 16.1. The van der Waals surface area contributed by atoms with E-state index in [1.54, 1.807) is 0 Å². The zero-order chi connectivity index (χ0) is 16.8. The van der Waals surface area contributed by atoms with Crippen molar-refractivity contribution in [1.82, 2.24) is 9.97 Å². The van der Waals surface area contributed by atoms with Crippen LogP contribution in [0, 0.1) is 0 Å². The van der Waals surface area contributed by atoms with E-state index in [-0.39, 0.29) is 18.8 Å². The van der Waals surface area contributed by atoms with E-state index in [1.165, 1.54) is 17.7 Å². The second kappa shape index (κ2) is 5.70. The summed E-state index contributed by atoms with van der Waals surface area (Å²) in [5, 5.41) is 0.644. The van der Waals surface area contributed by atoms with Gasteiger partial charge in [-0.05, 0) is 32.3 Å². The predicted octanol–water partition coefficient (Wildman–Crippen LogP) is 4.28. The minimum absolute atomic E-state index is 0.0364. The lowest BCUT2D eigenvalue weighted by atomic mass is 9.84. The average Bonchev–Trinajstić information content (AvgIpc) is 2.82. The molecule has 1 fully saturated rings. The van der Waals surface area contributed by atoms with Gasteiger partial charge < -0.3 is 11.5 Å². The summed E-state index contributed by atoms with van der Waals surface area (Å²) in [6.07, 6.45) is 2.21. The van der Waals surface area contributed by atoms with Crippen LogP contribution >= 0.6 is 11.3 Å². The topological polar surface area (TPSA) is 77.8 Å². The van der Waals surface area contributed by atoms with Crippen molar-refractivity contribution in [2.75, 3.05) is 5.73 Å². The summed E-state index contributed by atoms with van der Waals surface area (Å²) in [7, 11) is 0. The van der Waals surface area contributed by atoms with E-state index in [1.807, 2.05) is 13.8 Å². The highest BCUT2D eigenvalue weighted by Crippen LogP contribution is 2.45. The number of hydrogen-bond donors (Lipinski definition) is 2. The molecule has 0 atom stereocenters. The number of thiophene rings is 1. The number of aromatic nitrogens is 2. The number of fused-ring (bicyclic) bond motifs is 1. The molecular formula is C16H20F2N4S. The number of nitrogens with two attached hydrogens (primary N) is 2. The Bertz CT molecular complexity index is 768. The molecule has 3 rings (SSSR count). The van der Waals surface area contributed by atoms with Gasteiger partial charge in [-0.1, -0.05) is 0 Å². The third kappa shape index (κ3) is 2.89. The van der Waals surface area contributed by atoms with Gasteiger partial charge in [-0.3, -0.25) is 0 Å². The fourth-order valence-corrected chi connectivity index (χ4v) is 4.25. The molecule has 124 valence electrons. The van der Waals surface area contributed by atoms with Crippen LogP contribution in [0.3, 0.4) is 0 Å². The molecule has 0 bridgehead atoms. The Morgan fingerprint density at radius 3 is 2.52 bits per heavy atom. The highest BCUT2D eigenvalue weighted by molar-refractivity contribution is 7.23. The summed E-state index contributed by atoms with van der Waals surface area (Å²) in [5.41, 5.74) is 16.1. The zero-order valence-electron chi connectivity index (χ0n) is 13.2. The number of halogens is 2. The number of allylic oxidation sites excluding steroid dienone is 2. The first-order valence-electron chi connectivity index (χ1n) is 7.64. The molecule has 1 aliphatic carbocycles. The summed E-state index contributed by atoms with van der Waals surface area (Å²) in [6, 6.07) is 0. The molecule has 0 spiro atoms. The second-order valence-electron chi connectivity index (χ2n) is 6.22. The monoisotopic (exact) mass is 338 g/mol. The number of anilines is 1. The Hall–Kier alpha value is -1.76. The van der Waals surface area contributed by atoms with Crippen molar-refractivity contribution >= 4 is 32.1 Å². The van der Waals surface area contributed by atoms with Gasteiger partial charge in [-0.2, -0.15) is 0 Å². The molecule has 0 unspecified atom stereocenters. The molecule has 0 saturated heterocycles. The summed E-state index contributed by atoms with van der Waals surface area (Å²) in [6.45, 7) is 3.74. The van der Waals surface area contributed by atoms with E-state index in [2.05, 4.69) is 9.97 Å². The number of nitrogen functional groups attached to an aromatic ring is 1. The van der Waals surface area contributed by atoms with Crippen LogP contribution in [0.2, 0.25) is 0 Å². The van der Waals surface area contributed by atoms with Crippen molar-refractivity contribution in [3.8, 4) is 0 Å². The molecule has 2 heterocycles. The molecule has 0 amide bonds. The number of nitrogens with zero attached hydrogens (tertiary/aromatic N) is 2. The molecule has 4 N–H and O–H groups in total. The lowest BCUT2D eigenvalue weighted by molar-refractivity contribution is -0.0383. The smallest absolute Gasteiger partial charge is 0.248 e. The van der Waals surface area contributed by atoms with E-state index in [0.717, 1.165) is 27.0 Å².